The number of carbonyl (C=O) groups is 1. The van der Waals surface area contributed by atoms with Gasteiger partial charge in [-0.3, -0.25) is 18.9 Å². The van der Waals surface area contributed by atoms with E-state index in [2.05, 4.69) is 20.5 Å². The van der Waals surface area contributed by atoms with Crippen LogP contribution in [0.1, 0.15) is 36.0 Å². The summed E-state index contributed by atoms with van der Waals surface area (Å²) >= 11 is 0. The molecule has 0 radical (unpaired) electrons. The third-order valence-corrected chi connectivity index (χ3v) is 6.85. The van der Waals surface area contributed by atoms with Gasteiger partial charge < -0.3 is 10.6 Å². The van der Waals surface area contributed by atoms with Crippen LogP contribution in [-0.4, -0.2) is 58.5 Å². The molecular formula is C21H27N5O2. The van der Waals surface area contributed by atoms with E-state index in [0.717, 1.165) is 25.6 Å². The van der Waals surface area contributed by atoms with Crippen LogP contribution in [0, 0.1) is 11.8 Å². The molecule has 4 atom stereocenters. The molecule has 2 aromatic heterocycles. The van der Waals surface area contributed by atoms with E-state index < -0.39 is 0 Å². The highest BCUT2D eigenvalue weighted by atomic mass is 16.2. The highest BCUT2D eigenvalue weighted by molar-refractivity contribution is 5.93. The van der Waals surface area contributed by atoms with Crippen molar-refractivity contribution in [2.24, 2.45) is 11.8 Å². The summed E-state index contributed by atoms with van der Waals surface area (Å²) < 4.78 is 1.42. The molecule has 0 aromatic carbocycles. The average Bonchev–Trinajstić information content (AvgIpc) is 2.74. The van der Waals surface area contributed by atoms with Gasteiger partial charge in [0.25, 0.3) is 11.5 Å². The minimum Gasteiger partial charge on any atom is -0.350 e. The second-order valence-electron chi connectivity index (χ2n) is 8.40. The number of hydrogen-bond donors (Lipinski definition) is 2. The summed E-state index contributed by atoms with van der Waals surface area (Å²) in [4.78, 5) is 32.4. The van der Waals surface area contributed by atoms with E-state index in [-0.39, 0.29) is 17.0 Å². The predicted molar refractivity (Wildman–Crippen MR) is 106 cm³/mol. The van der Waals surface area contributed by atoms with Crippen molar-refractivity contribution >= 4 is 11.6 Å². The zero-order chi connectivity index (χ0) is 19.1. The minimum atomic E-state index is -0.324. The number of nitrogens with zero attached hydrogens (tertiary/aromatic N) is 3. The highest BCUT2D eigenvalue weighted by Gasteiger charge is 2.45. The summed E-state index contributed by atoms with van der Waals surface area (Å²) in [5, 5.41) is 6.64. The molecule has 3 saturated heterocycles. The molecular weight excluding hydrogens is 354 g/mol. The monoisotopic (exact) mass is 381 g/mol. The van der Waals surface area contributed by atoms with Crippen molar-refractivity contribution in [1.82, 2.24) is 24.9 Å². The smallest absolute Gasteiger partial charge is 0.270 e. The maximum absolute atomic E-state index is 12.8. The zero-order valence-electron chi connectivity index (χ0n) is 16.0. The van der Waals surface area contributed by atoms with Crippen molar-refractivity contribution in [3.8, 4) is 0 Å². The number of nitrogens with one attached hydrogen (secondary N) is 2. The molecule has 2 aromatic rings. The Balaban J connectivity index is 1.34. The fraction of sp³-hybridized carbons (Fsp3) is 0.571. The topological polar surface area (TPSA) is 78.7 Å². The van der Waals surface area contributed by atoms with Crippen LogP contribution in [0.2, 0.25) is 0 Å². The van der Waals surface area contributed by atoms with Gasteiger partial charge in [0.05, 0.1) is 0 Å². The van der Waals surface area contributed by atoms with Crippen molar-refractivity contribution < 1.29 is 4.79 Å². The van der Waals surface area contributed by atoms with Gasteiger partial charge in [0.15, 0.2) is 0 Å². The lowest BCUT2D eigenvalue weighted by atomic mass is 9.73. The summed E-state index contributed by atoms with van der Waals surface area (Å²) in [5.74, 6) is 0.972. The standard InChI is InChI=1S/C21H27N5O2/c27-20(16-12-23-19-6-2-4-8-26(19)21(16)28)24-13-18-15-9-14(10-22-11-15)17-5-1-3-7-25(17)18/h2,4,6,8,12,14-15,17-18,22H,1,3,5,7,9-11,13H2,(H,24,27)/t14-,15+,17+,18+/m1/s1. The van der Waals surface area contributed by atoms with Crippen LogP contribution in [-0.2, 0) is 0 Å². The van der Waals surface area contributed by atoms with E-state index in [4.69, 9.17) is 0 Å². The second-order valence-corrected chi connectivity index (χ2v) is 8.40. The number of hydrogen-bond acceptors (Lipinski definition) is 5. The molecule has 28 heavy (non-hydrogen) atoms. The molecule has 0 aliphatic carbocycles. The van der Waals surface area contributed by atoms with Gasteiger partial charge in [-0.25, -0.2) is 4.98 Å². The summed E-state index contributed by atoms with van der Waals surface area (Å²) in [6.07, 6.45) is 8.10. The Morgan fingerprint density at radius 2 is 2.14 bits per heavy atom. The van der Waals surface area contributed by atoms with Crippen molar-refractivity contribution in [1.29, 1.82) is 0 Å². The number of piperidine rings is 3. The molecule has 2 bridgehead atoms. The van der Waals surface area contributed by atoms with E-state index in [1.807, 2.05) is 6.07 Å². The average molecular weight is 381 g/mol. The van der Waals surface area contributed by atoms with Crippen LogP contribution in [0.3, 0.4) is 0 Å². The van der Waals surface area contributed by atoms with Gasteiger partial charge in [0.2, 0.25) is 0 Å². The first-order chi connectivity index (χ1) is 13.7. The number of carbonyl (C=O) groups excluding carboxylic acids is 1. The van der Waals surface area contributed by atoms with Crippen LogP contribution in [0.5, 0.6) is 0 Å². The zero-order valence-corrected chi connectivity index (χ0v) is 16.0. The summed E-state index contributed by atoms with van der Waals surface area (Å²) in [6, 6.07) is 6.32. The molecule has 0 saturated carbocycles. The minimum absolute atomic E-state index is 0.106. The van der Waals surface area contributed by atoms with Gasteiger partial charge >= 0.3 is 0 Å². The molecule has 3 fully saturated rings. The quantitative estimate of drug-likeness (QED) is 0.826. The molecule has 7 heteroatoms. The molecule has 5 rings (SSSR count). The normalized spacial score (nSPS) is 30.0. The molecule has 2 N–H and O–H groups in total. The van der Waals surface area contributed by atoms with Gasteiger partial charge in [0, 0.05) is 31.0 Å². The van der Waals surface area contributed by atoms with Crippen LogP contribution in [0.15, 0.2) is 35.4 Å². The maximum Gasteiger partial charge on any atom is 0.270 e. The Morgan fingerprint density at radius 3 is 3.07 bits per heavy atom. The van der Waals surface area contributed by atoms with Crippen molar-refractivity contribution in [2.75, 3.05) is 26.2 Å². The molecule has 148 valence electrons. The fourth-order valence-corrected chi connectivity index (χ4v) is 5.52. The van der Waals surface area contributed by atoms with Gasteiger partial charge in [-0.1, -0.05) is 12.5 Å². The molecule has 3 aliphatic heterocycles. The maximum atomic E-state index is 12.8. The number of pyridine rings is 1. The van der Waals surface area contributed by atoms with E-state index in [9.17, 15) is 9.59 Å². The molecule has 7 nitrogen and oxygen atoms in total. The van der Waals surface area contributed by atoms with Crippen LogP contribution in [0.4, 0.5) is 0 Å². The molecule has 1 amide bonds. The van der Waals surface area contributed by atoms with Crippen LogP contribution < -0.4 is 16.2 Å². The van der Waals surface area contributed by atoms with Gasteiger partial charge in [-0.15, -0.1) is 0 Å². The molecule has 3 aliphatic rings. The first-order valence-electron chi connectivity index (χ1n) is 10.4. The Morgan fingerprint density at radius 1 is 1.25 bits per heavy atom. The lowest BCUT2D eigenvalue weighted by Crippen LogP contribution is -2.65. The molecule has 0 unspecified atom stereocenters. The van der Waals surface area contributed by atoms with Crippen molar-refractivity contribution in [3.05, 3.63) is 46.5 Å². The molecule has 0 spiro atoms. The number of fused-ring (bicyclic) bond motifs is 5. The Labute approximate surface area is 164 Å². The van der Waals surface area contributed by atoms with Crippen molar-refractivity contribution in [2.45, 2.75) is 37.8 Å². The van der Waals surface area contributed by atoms with E-state index >= 15 is 0 Å². The van der Waals surface area contributed by atoms with Crippen molar-refractivity contribution in [3.63, 3.8) is 0 Å². The summed E-state index contributed by atoms with van der Waals surface area (Å²) in [5.41, 5.74) is 0.336. The fourth-order valence-electron chi connectivity index (χ4n) is 5.52. The van der Waals surface area contributed by atoms with Gasteiger partial charge in [0.1, 0.15) is 11.2 Å². The van der Waals surface area contributed by atoms with Gasteiger partial charge in [-0.2, -0.15) is 0 Å². The third kappa shape index (κ3) is 3.02. The first-order valence-corrected chi connectivity index (χ1v) is 10.4. The first kappa shape index (κ1) is 17.8. The summed E-state index contributed by atoms with van der Waals surface area (Å²) in [7, 11) is 0. The number of aromatic nitrogens is 2. The van der Waals surface area contributed by atoms with E-state index in [1.54, 1.807) is 18.3 Å². The Bertz CT molecular complexity index is 942. The third-order valence-electron chi connectivity index (χ3n) is 6.85. The molecule has 5 heterocycles. The largest absolute Gasteiger partial charge is 0.350 e. The lowest BCUT2D eigenvalue weighted by molar-refractivity contribution is -0.0371. The van der Waals surface area contributed by atoms with Crippen LogP contribution in [0.25, 0.3) is 5.65 Å². The predicted octanol–water partition coefficient (Wildman–Crippen LogP) is 0.887. The second kappa shape index (κ2) is 7.29. The SMILES string of the molecule is O=C(NC[C@H]1[C@@H]2CNC[C@@H](C2)[C@@H]2CCCCN21)c1cnc2ccccn2c1=O. The Kier molecular flexibility index (Phi) is 4.64. The number of rotatable bonds is 3. The Hall–Kier alpha value is -2.25. The highest BCUT2D eigenvalue weighted by Crippen LogP contribution is 2.38. The van der Waals surface area contributed by atoms with E-state index in [0.29, 0.717) is 30.2 Å². The summed E-state index contributed by atoms with van der Waals surface area (Å²) in [6.45, 7) is 3.85. The van der Waals surface area contributed by atoms with Gasteiger partial charge in [-0.05, 0) is 62.9 Å². The van der Waals surface area contributed by atoms with E-state index in [1.165, 1.54) is 36.3 Å². The van der Waals surface area contributed by atoms with Crippen LogP contribution >= 0.6 is 0 Å². The lowest BCUT2D eigenvalue weighted by Gasteiger charge is -2.55. The number of amides is 1.